The van der Waals surface area contributed by atoms with Crippen molar-refractivity contribution in [2.45, 2.75) is 0 Å². The third kappa shape index (κ3) is 11.6. The number of benzene rings is 1. The summed E-state index contributed by atoms with van der Waals surface area (Å²) >= 11 is 0. The van der Waals surface area contributed by atoms with Crippen molar-refractivity contribution in [3.63, 3.8) is 0 Å². The number of para-hydroxylation sites is 1. The summed E-state index contributed by atoms with van der Waals surface area (Å²) in [4.78, 5) is 0. The summed E-state index contributed by atoms with van der Waals surface area (Å²) in [6.07, 6.45) is 0. The summed E-state index contributed by atoms with van der Waals surface area (Å²) in [6.45, 7) is 0. The zero-order valence-corrected chi connectivity index (χ0v) is 5.60. The topological polar surface area (TPSA) is 26.0 Å². The number of nitrogens with two attached hydrogens (primary N) is 1. The SMILES string of the molecule is B.F.F.F.F.Nc1ccccc1. The van der Waals surface area contributed by atoms with Gasteiger partial charge < -0.3 is 5.73 Å². The van der Waals surface area contributed by atoms with Gasteiger partial charge in [-0.2, -0.15) is 0 Å². The van der Waals surface area contributed by atoms with Crippen molar-refractivity contribution in [3.05, 3.63) is 30.3 Å². The van der Waals surface area contributed by atoms with E-state index in [1.54, 1.807) is 0 Å². The van der Waals surface area contributed by atoms with Crippen LogP contribution in [0.25, 0.3) is 0 Å². The molecule has 1 aromatic carbocycles. The lowest BCUT2D eigenvalue weighted by Gasteiger charge is -1.83. The molecular formula is C6H14BF4N. The van der Waals surface area contributed by atoms with Crippen LogP contribution in [0, 0.1) is 0 Å². The molecule has 12 heavy (non-hydrogen) atoms. The molecule has 0 unspecified atom stereocenters. The van der Waals surface area contributed by atoms with E-state index < -0.39 is 0 Å². The van der Waals surface area contributed by atoms with Gasteiger partial charge in [-0.1, -0.05) is 18.2 Å². The fourth-order valence-corrected chi connectivity index (χ4v) is 0.453. The minimum absolute atomic E-state index is 0. The standard InChI is InChI=1S/C6H7N.BH3.4FH/c7-6-4-2-1-3-5-6;;;;;/h1-5H,7H2;1H3;4*1H. The van der Waals surface area contributed by atoms with E-state index in [4.69, 9.17) is 5.73 Å². The summed E-state index contributed by atoms with van der Waals surface area (Å²) in [7, 11) is 0. The van der Waals surface area contributed by atoms with E-state index in [1.807, 2.05) is 30.3 Å². The average Bonchev–Trinajstić information content (AvgIpc) is 1.69. The highest BCUT2D eigenvalue weighted by Gasteiger charge is 1.72. The number of anilines is 1. The Kier molecular flexibility index (Phi) is 42.2. The fraction of sp³-hybridized carbons (Fsp3) is 0. The van der Waals surface area contributed by atoms with Crippen molar-refractivity contribution >= 4 is 14.1 Å². The molecule has 74 valence electrons. The molecule has 0 aliphatic rings. The predicted octanol–water partition coefficient (Wildman–Crippen LogP) is 0.695. The van der Waals surface area contributed by atoms with Crippen LogP contribution in [-0.2, 0) is 0 Å². The van der Waals surface area contributed by atoms with Gasteiger partial charge in [-0.15, -0.1) is 0 Å². The van der Waals surface area contributed by atoms with Crippen molar-refractivity contribution in [2.24, 2.45) is 0 Å². The molecule has 0 radical (unpaired) electrons. The van der Waals surface area contributed by atoms with Gasteiger partial charge in [0.25, 0.3) is 0 Å². The minimum atomic E-state index is 0. The van der Waals surface area contributed by atoms with Crippen LogP contribution in [0.1, 0.15) is 0 Å². The molecule has 6 heteroatoms. The largest absolute Gasteiger partial charge is 0.399 e. The number of rotatable bonds is 0. The number of hydrogen-bond acceptors (Lipinski definition) is 1. The van der Waals surface area contributed by atoms with E-state index in [9.17, 15) is 0 Å². The number of nitrogen functional groups attached to an aromatic ring is 1. The van der Waals surface area contributed by atoms with Crippen LogP contribution in [0.15, 0.2) is 30.3 Å². The smallest absolute Gasteiger partial charge is 0.0814 e. The number of hydrogen-bond donors (Lipinski definition) is 1. The maximum absolute atomic E-state index is 5.36. The Balaban J connectivity index is -0.0000000327. The molecule has 0 aliphatic heterocycles. The Labute approximate surface area is 70.0 Å². The van der Waals surface area contributed by atoms with Gasteiger partial charge in [0.2, 0.25) is 0 Å². The van der Waals surface area contributed by atoms with Gasteiger partial charge in [0.05, 0.1) is 8.41 Å². The Hall–Kier alpha value is -1.20. The van der Waals surface area contributed by atoms with E-state index in [0.717, 1.165) is 5.69 Å². The Morgan fingerprint density at radius 3 is 1.25 bits per heavy atom. The monoisotopic (exact) mass is 187 g/mol. The predicted molar refractivity (Wildman–Crippen MR) is 50.8 cm³/mol. The summed E-state index contributed by atoms with van der Waals surface area (Å²) in [6, 6.07) is 9.49. The van der Waals surface area contributed by atoms with Crippen LogP contribution in [-0.4, -0.2) is 8.41 Å². The van der Waals surface area contributed by atoms with E-state index in [-0.39, 0.29) is 27.2 Å². The van der Waals surface area contributed by atoms with Crippen LogP contribution < -0.4 is 5.73 Å². The lowest BCUT2D eigenvalue weighted by Crippen LogP contribution is -1.79. The minimum Gasteiger partial charge on any atom is -0.399 e. The molecule has 0 saturated carbocycles. The molecule has 0 spiro atoms. The zero-order chi connectivity index (χ0) is 5.11. The van der Waals surface area contributed by atoms with Crippen LogP contribution in [0.2, 0.25) is 0 Å². The maximum atomic E-state index is 5.36. The molecule has 1 aromatic rings. The Morgan fingerprint density at radius 2 is 1.08 bits per heavy atom. The van der Waals surface area contributed by atoms with Gasteiger partial charge in [0, 0.05) is 5.69 Å². The first-order valence-corrected chi connectivity index (χ1v) is 2.20. The van der Waals surface area contributed by atoms with Gasteiger partial charge in [0.1, 0.15) is 0 Å². The number of halogens is 4. The van der Waals surface area contributed by atoms with Gasteiger partial charge in [0.15, 0.2) is 0 Å². The second kappa shape index (κ2) is 16.4. The van der Waals surface area contributed by atoms with Gasteiger partial charge in [-0.05, 0) is 12.1 Å². The molecule has 2 N–H and O–H groups in total. The second-order valence-electron chi connectivity index (χ2n) is 1.41. The molecule has 0 fully saturated rings. The maximum Gasteiger partial charge on any atom is 0.0814 e. The highest BCUT2D eigenvalue weighted by Crippen LogP contribution is 1.95. The quantitative estimate of drug-likeness (QED) is 0.361. The summed E-state index contributed by atoms with van der Waals surface area (Å²) in [5.74, 6) is 0. The van der Waals surface area contributed by atoms with E-state index in [2.05, 4.69) is 0 Å². The lowest BCUT2D eigenvalue weighted by atomic mass is 10.3. The van der Waals surface area contributed by atoms with Crippen molar-refractivity contribution in [2.75, 3.05) is 5.73 Å². The van der Waals surface area contributed by atoms with Crippen molar-refractivity contribution < 1.29 is 18.8 Å². The third-order valence-corrected chi connectivity index (χ3v) is 0.800. The Morgan fingerprint density at radius 1 is 0.750 bits per heavy atom. The third-order valence-electron chi connectivity index (χ3n) is 0.800. The molecule has 0 aromatic heterocycles. The first kappa shape index (κ1) is 30.8. The molecule has 1 nitrogen and oxygen atoms in total. The molecule has 0 saturated heterocycles. The highest BCUT2D eigenvalue weighted by molar-refractivity contribution is 5.75. The average molecular weight is 187 g/mol. The first-order chi connectivity index (χ1) is 3.39. The van der Waals surface area contributed by atoms with Gasteiger partial charge >= 0.3 is 0 Å². The van der Waals surface area contributed by atoms with Crippen LogP contribution >= 0.6 is 0 Å². The normalized spacial score (nSPS) is 5.00. The van der Waals surface area contributed by atoms with E-state index in [1.165, 1.54) is 0 Å². The van der Waals surface area contributed by atoms with Gasteiger partial charge in [-0.3, -0.25) is 18.8 Å². The van der Waals surface area contributed by atoms with Crippen molar-refractivity contribution in [3.8, 4) is 0 Å². The van der Waals surface area contributed by atoms with E-state index in [0.29, 0.717) is 0 Å². The molecule has 0 atom stereocenters. The Bertz CT molecular complexity index is 149. The zero-order valence-electron chi connectivity index (χ0n) is 5.60. The van der Waals surface area contributed by atoms with Gasteiger partial charge in [-0.25, -0.2) is 0 Å². The second-order valence-corrected chi connectivity index (χ2v) is 1.41. The summed E-state index contributed by atoms with van der Waals surface area (Å²) in [5.41, 5.74) is 6.18. The summed E-state index contributed by atoms with van der Waals surface area (Å²) in [5, 5.41) is 0. The molecule has 1 rings (SSSR count). The van der Waals surface area contributed by atoms with Crippen LogP contribution in [0.4, 0.5) is 24.5 Å². The highest BCUT2D eigenvalue weighted by atomic mass is 19.0. The molecule has 0 bridgehead atoms. The molecular weight excluding hydrogens is 173 g/mol. The lowest BCUT2D eigenvalue weighted by molar-refractivity contribution is 1.11. The van der Waals surface area contributed by atoms with E-state index >= 15 is 0 Å². The first-order valence-electron chi connectivity index (χ1n) is 2.20. The van der Waals surface area contributed by atoms with Crippen LogP contribution in [0.3, 0.4) is 0 Å². The van der Waals surface area contributed by atoms with Crippen LogP contribution in [0.5, 0.6) is 0 Å². The molecule has 0 aliphatic carbocycles. The van der Waals surface area contributed by atoms with Crippen molar-refractivity contribution in [1.29, 1.82) is 0 Å². The fourth-order valence-electron chi connectivity index (χ4n) is 0.453. The molecule has 0 heterocycles. The van der Waals surface area contributed by atoms with Crippen molar-refractivity contribution in [1.82, 2.24) is 0 Å². The molecule has 0 amide bonds. The summed E-state index contributed by atoms with van der Waals surface area (Å²) < 4.78 is 0.